The predicted molar refractivity (Wildman–Crippen MR) is 73.9 cm³/mol. The summed E-state index contributed by atoms with van der Waals surface area (Å²) in [5.74, 6) is -0.799. The van der Waals surface area contributed by atoms with Gasteiger partial charge in [0.05, 0.1) is 6.26 Å². The number of nitrogens with zero attached hydrogens (tertiary/aromatic N) is 1. The SMILES string of the molecule is O=C1NC(=O)N(C2CCCCC2)C(=O)C1=Cc1ccco1. The first-order chi connectivity index (χ1) is 10.2. The lowest BCUT2D eigenvalue weighted by atomic mass is 9.93. The molecule has 1 aliphatic carbocycles. The van der Waals surface area contributed by atoms with Gasteiger partial charge in [0, 0.05) is 6.04 Å². The number of imide groups is 2. The van der Waals surface area contributed by atoms with Gasteiger partial charge in [0.1, 0.15) is 11.3 Å². The second-order valence-corrected chi connectivity index (χ2v) is 5.30. The molecule has 0 unspecified atom stereocenters. The van der Waals surface area contributed by atoms with Crippen LogP contribution in [0.1, 0.15) is 37.9 Å². The average molecular weight is 288 g/mol. The summed E-state index contributed by atoms with van der Waals surface area (Å²) in [6.07, 6.45) is 7.53. The summed E-state index contributed by atoms with van der Waals surface area (Å²) in [4.78, 5) is 37.6. The molecule has 1 aliphatic heterocycles. The molecule has 1 aromatic heterocycles. The van der Waals surface area contributed by atoms with Crippen molar-refractivity contribution in [2.24, 2.45) is 0 Å². The van der Waals surface area contributed by atoms with Crippen molar-refractivity contribution in [3.8, 4) is 0 Å². The first-order valence-electron chi connectivity index (χ1n) is 7.11. The Morgan fingerprint density at radius 2 is 1.95 bits per heavy atom. The van der Waals surface area contributed by atoms with Gasteiger partial charge < -0.3 is 4.42 Å². The fraction of sp³-hybridized carbons (Fsp3) is 0.400. The van der Waals surface area contributed by atoms with Crippen LogP contribution in [0.25, 0.3) is 6.08 Å². The molecule has 2 fully saturated rings. The average Bonchev–Trinajstić information content (AvgIpc) is 2.97. The fourth-order valence-electron chi connectivity index (χ4n) is 2.86. The fourth-order valence-corrected chi connectivity index (χ4v) is 2.86. The van der Waals surface area contributed by atoms with E-state index in [4.69, 9.17) is 4.42 Å². The maximum absolute atomic E-state index is 12.5. The molecule has 0 bridgehead atoms. The zero-order valence-electron chi connectivity index (χ0n) is 11.5. The van der Waals surface area contributed by atoms with E-state index in [1.165, 1.54) is 17.2 Å². The molecule has 110 valence electrons. The third kappa shape index (κ3) is 2.61. The van der Waals surface area contributed by atoms with Crippen molar-refractivity contribution in [3.05, 3.63) is 29.7 Å². The summed E-state index contributed by atoms with van der Waals surface area (Å²) in [7, 11) is 0. The van der Waals surface area contributed by atoms with Crippen molar-refractivity contribution in [1.29, 1.82) is 0 Å². The lowest BCUT2D eigenvalue weighted by Crippen LogP contribution is -2.58. The van der Waals surface area contributed by atoms with Gasteiger partial charge in [-0.3, -0.25) is 19.8 Å². The van der Waals surface area contributed by atoms with Crippen LogP contribution in [-0.4, -0.2) is 28.8 Å². The third-order valence-electron chi connectivity index (χ3n) is 3.90. The van der Waals surface area contributed by atoms with E-state index < -0.39 is 17.8 Å². The number of nitrogens with one attached hydrogen (secondary N) is 1. The van der Waals surface area contributed by atoms with Crippen LogP contribution in [0.15, 0.2) is 28.4 Å². The minimum atomic E-state index is -0.673. The monoisotopic (exact) mass is 288 g/mol. The number of hydrogen-bond donors (Lipinski definition) is 1. The minimum absolute atomic E-state index is 0.0601. The Labute approximate surface area is 121 Å². The molecular weight excluding hydrogens is 272 g/mol. The Bertz CT molecular complexity index is 597. The number of amides is 4. The van der Waals surface area contributed by atoms with Crippen LogP contribution in [0.4, 0.5) is 4.79 Å². The Kier molecular flexibility index (Phi) is 3.60. The van der Waals surface area contributed by atoms with Crippen molar-refractivity contribution in [3.63, 3.8) is 0 Å². The van der Waals surface area contributed by atoms with Gasteiger partial charge >= 0.3 is 6.03 Å². The number of carbonyl (C=O) groups is 3. The highest BCUT2D eigenvalue weighted by Gasteiger charge is 2.40. The van der Waals surface area contributed by atoms with Crippen molar-refractivity contribution >= 4 is 23.9 Å². The first-order valence-corrected chi connectivity index (χ1v) is 7.11. The molecular formula is C15H16N2O4. The van der Waals surface area contributed by atoms with Gasteiger partial charge in [-0.1, -0.05) is 19.3 Å². The number of barbiturate groups is 1. The standard InChI is InChI=1S/C15H16N2O4/c18-13-12(9-11-7-4-8-21-11)14(19)17(15(20)16-13)10-5-2-1-3-6-10/h4,7-10H,1-3,5-6H2,(H,16,18,20). The van der Waals surface area contributed by atoms with E-state index in [0.717, 1.165) is 32.1 Å². The molecule has 1 N–H and O–H groups in total. The zero-order chi connectivity index (χ0) is 14.8. The smallest absolute Gasteiger partial charge is 0.331 e. The van der Waals surface area contributed by atoms with Crippen molar-refractivity contribution in [2.45, 2.75) is 38.1 Å². The minimum Gasteiger partial charge on any atom is -0.465 e. The molecule has 4 amide bonds. The lowest BCUT2D eigenvalue weighted by molar-refractivity contribution is -0.132. The summed E-state index contributed by atoms with van der Waals surface area (Å²) < 4.78 is 5.13. The molecule has 0 radical (unpaired) electrons. The Morgan fingerprint density at radius 1 is 1.19 bits per heavy atom. The van der Waals surface area contributed by atoms with Crippen LogP contribution in [0.2, 0.25) is 0 Å². The molecule has 0 atom stereocenters. The summed E-state index contributed by atoms with van der Waals surface area (Å²) in [5, 5.41) is 2.24. The van der Waals surface area contributed by atoms with E-state index >= 15 is 0 Å². The zero-order valence-corrected chi connectivity index (χ0v) is 11.5. The van der Waals surface area contributed by atoms with E-state index in [1.807, 2.05) is 0 Å². The molecule has 2 aliphatic rings. The lowest BCUT2D eigenvalue weighted by Gasteiger charge is -2.35. The van der Waals surface area contributed by atoms with E-state index in [9.17, 15) is 14.4 Å². The Hall–Kier alpha value is -2.37. The summed E-state index contributed by atoms with van der Waals surface area (Å²) in [5.41, 5.74) is -0.0601. The topological polar surface area (TPSA) is 79.6 Å². The van der Waals surface area contributed by atoms with Crippen molar-refractivity contribution in [2.75, 3.05) is 0 Å². The molecule has 1 saturated heterocycles. The summed E-state index contributed by atoms with van der Waals surface area (Å²) >= 11 is 0. The predicted octanol–water partition coefficient (Wildman–Crippen LogP) is 2.07. The Morgan fingerprint density at radius 3 is 2.62 bits per heavy atom. The first kappa shape index (κ1) is 13.6. The number of rotatable bonds is 2. The maximum atomic E-state index is 12.5. The quantitative estimate of drug-likeness (QED) is 0.667. The second-order valence-electron chi connectivity index (χ2n) is 5.30. The highest BCUT2D eigenvalue weighted by Crippen LogP contribution is 2.26. The van der Waals surface area contributed by atoms with Crippen molar-refractivity contribution in [1.82, 2.24) is 10.2 Å². The largest absolute Gasteiger partial charge is 0.465 e. The van der Waals surface area contributed by atoms with Gasteiger partial charge in [0.15, 0.2) is 0 Å². The highest BCUT2D eigenvalue weighted by molar-refractivity contribution is 6.31. The van der Waals surface area contributed by atoms with Gasteiger partial charge in [-0.2, -0.15) is 0 Å². The van der Waals surface area contributed by atoms with Gasteiger partial charge in [0.2, 0.25) is 0 Å². The summed E-state index contributed by atoms with van der Waals surface area (Å²) in [6.45, 7) is 0. The Balaban J connectivity index is 1.89. The van der Waals surface area contributed by atoms with Crippen molar-refractivity contribution < 1.29 is 18.8 Å². The van der Waals surface area contributed by atoms with Crippen LogP contribution in [0.5, 0.6) is 0 Å². The molecule has 0 spiro atoms. The molecule has 2 heterocycles. The number of carbonyl (C=O) groups excluding carboxylic acids is 3. The van der Waals surface area contributed by atoms with Crippen LogP contribution < -0.4 is 5.32 Å². The number of hydrogen-bond acceptors (Lipinski definition) is 4. The van der Waals surface area contributed by atoms with Gasteiger partial charge in [0.25, 0.3) is 11.8 Å². The molecule has 0 aromatic carbocycles. The number of urea groups is 1. The second kappa shape index (κ2) is 5.55. The molecule has 6 heteroatoms. The molecule has 6 nitrogen and oxygen atoms in total. The van der Waals surface area contributed by atoms with Crippen LogP contribution in [-0.2, 0) is 9.59 Å². The van der Waals surface area contributed by atoms with E-state index in [2.05, 4.69) is 5.32 Å². The summed E-state index contributed by atoms with van der Waals surface area (Å²) in [6, 6.07) is 2.57. The normalized spacial score (nSPS) is 22.8. The van der Waals surface area contributed by atoms with E-state index in [-0.39, 0.29) is 11.6 Å². The van der Waals surface area contributed by atoms with Crippen LogP contribution in [0.3, 0.4) is 0 Å². The molecule has 1 saturated carbocycles. The number of furan rings is 1. The highest BCUT2D eigenvalue weighted by atomic mass is 16.3. The van der Waals surface area contributed by atoms with E-state index in [0.29, 0.717) is 5.76 Å². The van der Waals surface area contributed by atoms with Crippen LogP contribution in [0, 0.1) is 0 Å². The molecule has 1 aromatic rings. The molecule has 3 rings (SSSR count). The van der Waals surface area contributed by atoms with Crippen LogP contribution >= 0.6 is 0 Å². The van der Waals surface area contributed by atoms with E-state index in [1.54, 1.807) is 12.1 Å². The van der Waals surface area contributed by atoms with Gasteiger partial charge in [-0.25, -0.2) is 4.79 Å². The molecule has 21 heavy (non-hydrogen) atoms. The van der Waals surface area contributed by atoms with Gasteiger partial charge in [-0.05, 0) is 31.1 Å². The third-order valence-corrected chi connectivity index (χ3v) is 3.90. The maximum Gasteiger partial charge on any atom is 0.331 e. The van der Waals surface area contributed by atoms with Gasteiger partial charge in [-0.15, -0.1) is 0 Å².